The van der Waals surface area contributed by atoms with Gasteiger partial charge in [-0.1, -0.05) is 30.3 Å². The summed E-state index contributed by atoms with van der Waals surface area (Å²) in [5, 5.41) is 4.26. The van der Waals surface area contributed by atoms with Crippen LogP contribution in [0.2, 0.25) is 0 Å². The normalized spacial score (nSPS) is 15.8. The van der Waals surface area contributed by atoms with E-state index in [1.165, 1.54) is 0 Å². The van der Waals surface area contributed by atoms with Crippen LogP contribution < -0.4 is 4.74 Å². The molecule has 0 bridgehead atoms. The first-order valence-corrected chi connectivity index (χ1v) is 10.1. The number of hydrogen-bond acceptors (Lipinski definition) is 4. The van der Waals surface area contributed by atoms with Crippen LogP contribution in [0.4, 0.5) is 0 Å². The Bertz CT molecular complexity index is 1120. The van der Waals surface area contributed by atoms with E-state index >= 15 is 0 Å². The third-order valence-corrected chi connectivity index (χ3v) is 5.67. The number of benzene rings is 1. The molecule has 0 saturated carbocycles. The Morgan fingerprint density at radius 2 is 1.66 bits per heavy atom. The van der Waals surface area contributed by atoms with Gasteiger partial charge in [-0.25, -0.2) is 4.98 Å². The van der Waals surface area contributed by atoms with E-state index in [2.05, 4.69) is 50.7 Å². The molecule has 4 heterocycles. The van der Waals surface area contributed by atoms with Crippen molar-refractivity contribution >= 4 is 5.65 Å². The fourth-order valence-electron chi connectivity index (χ4n) is 3.98. The van der Waals surface area contributed by atoms with Crippen molar-refractivity contribution in [2.45, 2.75) is 18.9 Å². The number of aromatic nitrogens is 4. The highest BCUT2D eigenvalue weighted by Crippen LogP contribution is 2.29. The van der Waals surface area contributed by atoms with Gasteiger partial charge < -0.3 is 9.64 Å². The number of aryl methyl sites for hydroxylation is 1. The minimum absolute atomic E-state index is 0.250. The van der Waals surface area contributed by atoms with Gasteiger partial charge in [0.1, 0.15) is 11.8 Å². The van der Waals surface area contributed by atoms with E-state index in [0.717, 1.165) is 59.8 Å². The topological polar surface area (TPSA) is 47.6 Å². The van der Waals surface area contributed by atoms with Gasteiger partial charge >= 0.3 is 0 Å². The van der Waals surface area contributed by atoms with Gasteiger partial charge in [-0.3, -0.25) is 9.08 Å². The molecule has 0 N–H and O–H groups in total. The molecule has 6 nitrogen and oxygen atoms in total. The average molecular weight is 387 g/mol. The number of hydrogen-bond donors (Lipinski definition) is 0. The average Bonchev–Trinajstić information content (AvgIpc) is 3.37. The van der Waals surface area contributed by atoms with Crippen LogP contribution in [0, 0.1) is 0 Å². The van der Waals surface area contributed by atoms with Gasteiger partial charge in [0.15, 0.2) is 5.88 Å². The summed E-state index contributed by atoms with van der Waals surface area (Å²) in [4.78, 5) is 6.96. The lowest BCUT2D eigenvalue weighted by Gasteiger charge is -2.29. The summed E-state index contributed by atoms with van der Waals surface area (Å²) in [6, 6.07) is 14.6. The second-order valence-corrected chi connectivity index (χ2v) is 7.80. The zero-order valence-corrected chi connectivity index (χ0v) is 16.8. The summed E-state index contributed by atoms with van der Waals surface area (Å²) < 4.78 is 10.4. The van der Waals surface area contributed by atoms with E-state index in [1.807, 2.05) is 48.5 Å². The zero-order valence-electron chi connectivity index (χ0n) is 16.8. The Kier molecular flexibility index (Phi) is 4.56. The van der Waals surface area contributed by atoms with Gasteiger partial charge in [0.25, 0.3) is 0 Å². The molecule has 1 aliphatic heterocycles. The number of nitrogens with zero attached hydrogens (tertiary/aromatic N) is 5. The molecule has 1 saturated heterocycles. The molecule has 148 valence electrons. The maximum absolute atomic E-state index is 6.42. The molecule has 4 aromatic rings. The van der Waals surface area contributed by atoms with Crippen LogP contribution in [0.3, 0.4) is 0 Å². The van der Waals surface area contributed by atoms with E-state index in [-0.39, 0.29) is 6.10 Å². The maximum Gasteiger partial charge on any atom is 0.200 e. The summed E-state index contributed by atoms with van der Waals surface area (Å²) in [6.45, 7) is 2.15. The van der Waals surface area contributed by atoms with Crippen LogP contribution in [0.15, 0.2) is 61.1 Å². The van der Waals surface area contributed by atoms with Crippen LogP contribution in [-0.4, -0.2) is 50.3 Å². The maximum atomic E-state index is 6.42. The number of piperidine rings is 1. The predicted octanol–water partition coefficient (Wildman–Crippen LogP) is 3.87. The summed E-state index contributed by atoms with van der Waals surface area (Å²) >= 11 is 0. The summed E-state index contributed by atoms with van der Waals surface area (Å²) in [7, 11) is 4.10. The van der Waals surface area contributed by atoms with Gasteiger partial charge in [0.2, 0.25) is 0 Å². The molecular weight excluding hydrogens is 362 g/mol. The largest absolute Gasteiger partial charge is 0.475 e. The van der Waals surface area contributed by atoms with Crippen molar-refractivity contribution in [3.8, 4) is 28.3 Å². The lowest BCUT2D eigenvalue weighted by molar-refractivity contribution is 0.109. The van der Waals surface area contributed by atoms with Gasteiger partial charge in [-0.2, -0.15) is 5.10 Å². The van der Waals surface area contributed by atoms with E-state index in [0.29, 0.717) is 0 Å². The van der Waals surface area contributed by atoms with Crippen molar-refractivity contribution in [1.29, 1.82) is 0 Å². The molecule has 0 radical (unpaired) electrons. The third-order valence-electron chi connectivity index (χ3n) is 5.67. The minimum Gasteiger partial charge on any atom is -0.475 e. The van der Waals surface area contributed by atoms with Crippen LogP contribution in [0.5, 0.6) is 5.88 Å². The van der Waals surface area contributed by atoms with Crippen LogP contribution in [0.25, 0.3) is 28.0 Å². The molecule has 0 spiro atoms. The predicted molar refractivity (Wildman–Crippen MR) is 114 cm³/mol. The van der Waals surface area contributed by atoms with E-state index in [4.69, 9.17) is 4.74 Å². The standard InChI is InChI=1S/C23H25N5O/c1-26-12-10-20(11-13-26)29-23-5-3-4-22-24-15-21(28(22)23)18-8-6-17(7-9-18)19-14-25-27(2)16-19/h3-9,14-16,20H,10-13H2,1-2H3. The van der Waals surface area contributed by atoms with Crippen molar-refractivity contribution in [2.75, 3.05) is 20.1 Å². The molecular formula is C23H25N5O. The Labute approximate surface area is 170 Å². The van der Waals surface area contributed by atoms with Crippen molar-refractivity contribution < 1.29 is 4.74 Å². The fourth-order valence-corrected chi connectivity index (χ4v) is 3.98. The number of likely N-dealkylation sites (tertiary alicyclic amines) is 1. The van der Waals surface area contributed by atoms with Crippen molar-refractivity contribution in [1.82, 2.24) is 24.1 Å². The first-order chi connectivity index (χ1) is 14.2. The van der Waals surface area contributed by atoms with Gasteiger partial charge in [-0.15, -0.1) is 0 Å². The summed E-state index contributed by atoms with van der Waals surface area (Å²) in [6.07, 6.45) is 8.19. The molecule has 29 heavy (non-hydrogen) atoms. The van der Waals surface area contributed by atoms with Crippen LogP contribution in [-0.2, 0) is 7.05 Å². The molecule has 0 atom stereocenters. The molecule has 0 aliphatic carbocycles. The SMILES string of the molecule is CN1CCC(Oc2cccc3ncc(-c4ccc(-c5cnn(C)c5)cc4)n23)CC1. The summed E-state index contributed by atoms with van der Waals surface area (Å²) in [5.74, 6) is 0.862. The lowest BCUT2D eigenvalue weighted by Crippen LogP contribution is -2.35. The molecule has 6 heteroatoms. The van der Waals surface area contributed by atoms with Crippen molar-refractivity contribution in [2.24, 2.45) is 7.05 Å². The van der Waals surface area contributed by atoms with Crippen molar-refractivity contribution in [3.05, 3.63) is 61.1 Å². The first kappa shape index (κ1) is 17.9. The van der Waals surface area contributed by atoms with Gasteiger partial charge in [0, 0.05) is 37.5 Å². The fraction of sp³-hybridized carbons (Fsp3) is 0.304. The number of imidazole rings is 1. The Morgan fingerprint density at radius 3 is 2.38 bits per heavy atom. The molecule has 3 aromatic heterocycles. The van der Waals surface area contributed by atoms with Crippen LogP contribution >= 0.6 is 0 Å². The second-order valence-electron chi connectivity index (χ2n) is 7.80. The molecule has 5 rings (SSSR count). The number of pyridine rings is 1. The zero-order chi connectivity index (χ0) is 19.8. The van der Waals surface area contributed by atoms with Crippen molar-refractivity contribution in [3.63, 3.8) is 0 Å². The molecule has 1 aliphatic rings. The number of fused-ring (bicyclic) bond motifs is 1. The number of ether oxygens (including phenoxy) is 1. The first-order valence-electron chi connectivity index (χ1n) is 10.1. The van der Waals surface area contributed by atoms with E-state index < -0.39 is 0 Å². The molecule has 0 amide bonds. The van der Waals surface area contributed by atoms with E-state index in [9.17, 15) is 0 Å². The summed E-state index contributed by atoms with van der Waals surface area (Å²) in [5.41, 5.74) is 5.33. The molecule has 1 aromatic carbocycles. The quantitative estimate of drug-likeness (QED) is 0.533. The Balaban J connectivity index is 1.47. The minimum atomic E-state index is 0.250. The number of rotatable bonds is 4. The highest BCUT2D eigenvalue weighted by Gasteiger charge is 2.20. The smallest absolute Gasteiger partial charge is 0.200 e. The molecule has 1 fully saturated rings. The van der Waals surface area contributed by atoms with Crippen LogP contribution in [0.1, 0.15) is 12.8 Å². The second kappa shape index (κ2) is 7.37. The Hall–Kier alpha value is -3.12. The van der Waals surface area contributed by atoms with Gasteiger partial charge in [0.05, 0.1) is 18.1 Å². The van der Waals surface area contributed by atoms with E-state index in [1.54, 1.807) is 0 Å². The monoisotopic (exact) mass is 387 g/mol. The van der Waals surface area contributed by atoms with Gasteiger partial charge in [-0.05, 0) is 37.6 Å². The third kappa shape index (κ3) is 3.51. The highest BCUT2D eigenvalue weighted by atomic mass is 16.5. The Morgan fingerprint density at radius 1 is 0.897 bits per heavy atom. The highest BCUT2D eigenvalue weighted by molar-refractivity contribution is 5.70. The molecule has 0 unspecified atom stereocenters. The lowest BCUT2D eigenvalue weighted by atomic mass is 10.1.